The van der Waals surface area contributed by atoms with E-state index in [0.717, 1.165) is 5.56 Å². The summed E-state index contributed by atoms with van der Waals surface area (Å²) in [6, 6.07) is 7.80. The summed E-state index contributed by atoms with van der Waals surface area (Å²) in [5, 5.41) is 0. The molecule has 1 aromatic carbocycles. The molecule has 0 saturated carbocycles. The van der Waals surface area contributed by atoms with Crippen LogP contribution in [0.3, 0.4) is 0 Å². The fraction of sp³-hybridized carbons (Fsp3) is 0.562. The van der Waals surface area contributed by atoms with Gasteiger partial charge in [0.25, 0.3) is 0 Å². The molecule has 19 heavy (non-hydrogen) atoms. The first kappa shape index (κ1) is 15.7. The van der Waals surface area contributed by atoms with Gasteiger partial charge in [-0.3, -0.25) is 4.79 Å². The van der Waals surface area contributed by atoms with E-state index in [-0.39, 0.29) is 17.4 Å². The number of carbonyl (C=O) groups is 1. The van der Waals surface area contributed by atoms with E-state index in [2.05, 4.69) is 31.2 Å². The molecule has 0 aliphatic carbocycles. The minimum absolute atomic E-state index is 0.0134. The molecule has 0 bridgehead atoms. The van der Waals surface area contributed by atoms with Crippen LogP contribution in [0.1, 0.15) is 44.9 Å². The number of hydrogen-bond donors (Lipinski definition) is 1. The highest BCUT2D eigenvalue weighted by Gasteiger charge is 2.31. The Morgan fingerprint density at radius 1 is 1.21 bits per heavy atom. The maximum absolute atomic E-state index is 12.4. The monoisotopic (exact) mass is 262 g/mol. The SMILES string of the molecule is Cc1ccc(C(C)N(C)C(=O)C(N)C(C)(C)C)cc1. The second-order valence-electron chi connectivity index (χ2n) is 6.38. The molecule has 0 fully saturated rings. The van der Waals surface area contributed by atoms with Crippen molar-refractivity contribution < 1.29 is 4.79 Å². The third-order valence-corrected chi connectivity index (χ3v) is 3.69. The number of rotatable bonds is 3. The van der Waals surface area contributed by atoms with Crippen molar-refractivity contribution >= 4 is 5.91 Å². The summed E-state index contributed by atoms with van der Waals surface area (Å²) in [4.78, 5) is 14.1. The van der Waals surface area contributed by atoms with Crippen LogP contribution in [0.25, 0.3) is 0 Å². The van der Waals surface area contributed by atoms with Gasteiger partial charge >= 0.3 is 0 Å². The van der Waals surface area contributed by atoms with Crippen molar-refractivity contribution in [3.8, 4) is 0 Å². The summed E-state index contributed by atoms with van der Waals surface area (Å²) in [6.45, 7) is 10.0. The van der Waals surface area contributed by atoms with Gasteiger partial charge in [-0.25, -0.2) is 0 Å². The zero-order valence-electron chi connectivity index (χ0n) is 12.9. The molecule has 0 aliphatic heterocycles. The molecule has 0 saturated heterocycles. The molecule has 2 atom stereocenters. The summed E-state index contributed by atoms with van der Waals surface area (Å²) in [7, 11) is 1.82. The largest absolute Gasteiger partial charge is 0.338 e. The van der Waals surface area contributed by atoms with E-state index in [1.54, 1.807) is 4.90 Å². The van der Waals surface area contributed by atoms with Crippen LogP contribution in [0.15, 0.2) is 24.3 Å². The number of likely N-dealkylation sites (N-methyl/N-ethyl adjacent to an activating group) is 1. The number of nitrogens with zero attached hydrogens (tertiary/aromatic N) is 1. The number of nitrogens with two attached hydrogens (primary N) is 1. The van der Waals surface area contributed by atoms with Gasteiger partial charge in [-0.05, 0) is 24.8 Å². The Balaban J connectivity index is 2.85. The number of amides is 1. The van der Waals surface area contributed by atoms with E-state index in [4.69, 9.17) is 5.73 Å². The lowest BCUT2D eigenvalue weighted by molar-refractivity contribution is -0.135. The van der Waals surface area contributed by atoms with E-state index in [9.17, 15) is 4.79 Å². The van der Waals surface area contributed by atoms with Crippen LogP contribution in [-0.2, 0) is 4.79 Å². The van der Waals surface area contributed by atoms with Gasteiger partial charge in [0.05, 0.1) is 12.1 Å². The first-order valence-corrected chi connectivity index (χ1v) is 6.73. The van der Waals surface area contributed by atoms with Crippen molar-refractivity contribution in [2.45, 2.75) is 46.7 Å². The van der Waals surface area contributed by atoms with Crippen molar-refractivity contribution in [1.82, 2.24) is 4.90 Å². The van der Waals surface area contributed by atoms with Gasteiger partial charge in [-0.2, -0.15) is 0 Å². The molecule has 0 heterocycles. The Labute approximate surface area is 116 Å². The second kappa shape index (κ2) is 5.74. The number of hydrogen-bond acceptors (Lipinski definition) is 2. The molecule has 0 spiro atoms. The molecule has 0 aliphatic rings. The number of carbonyl (C=O) groups excluding carboxylic acids is 1. The summed E-state index contributed by atoms with van der Waals surface area (Å²) in [6.07, 6.45) is 0. The predicted octanol–water partition coefficient (Wildman–Crippen LogP) is 2.89. The molecule has 106 valence electrons. The topological polar surface area (TPSA) is 46.3 Å². The highest BCUT2D eigenvalue weighted by molar-refractivity contribution is 5.82. The summed E-state index contributed by atoms with van der Waals surface area (Å²) < 4.78 is 0. The molecule has 3 nitrogen and oxygen atoms in total. The Bertz CT molecular complexity index is 431. The van der Waals surface area contributed by atoms with Gasteiger partial charge in [0.2, 0.25) is 5.91 Å². The molecule has 1 aromatic rings. The first-order valence-electron chi connectivity index (χ1n) is 6.73. The third-order valence-electron chi connectivity index (χ3n) is 3.69. The lowest BCUT2D eigenvalue weighted by atomic mass is 9.86. The molecule has 1 amide bonds. The molecule has 2 unspecified atom stereocenters. The molecular weight excluding hydrogens is 236 g/mol. The van der Waals surface area contributed by atoms with E-state index >= 15 is 0 Å². The van der Waals surface area contributed by atoms with Crippen LogP contribution in [0, 0.1) is 12.3 Å². The van der Waals surface area contributed by atoms with Crippen molar-refractivity contribution in [3.63, 3.8) is 0 Å². The Hall–Kier alpha value is -1.35. The maximum Gasteiger partial charge on any atom is 0.240 e. The van der Waals surface area contributed by atoms with Gasteiger partial charge in [0.15, 0.2) is 0 Å². The molecule has 3 heteroatoms. The van der Waals surface area contributed by atoms with Crippen molar-refractivity contribution in [1.29, 1.82) is 0 Å². The zero-order chi connectivity index (χ0) is 14.8. The maximum atomic E-state index is 12.4. The van der Waals surface area contributed by atoms with Gasteiger partial charge in [-0.15, -0.1) is 0 Å². The minimum atomic E-state index is -0.481. The predicted molar refractivity (Wildman–Crippen MR) is 79.8 cm³/mol. The quantitative estimate of drug-likeness (QED) is 0.910. The van der Waals surface area contributed by atoms with Crippen molar-refractivity contribution in [2.24, 2.45) is 11.1 Å². The summed E-state index contributed by atoms with van der Waals surface area (Å²) >= 11 is 0. The van der Waals surface area contributed by atoms with Gasteiger partial charge in [0.1, 0.15) is 0 Å². The highest BCUT2D eigenvalue weighted by atomic mass is 16.2. The van der Waals surface area contributed by atoms with E-state index in [0.29, 0.717) is 0 Å². The number of benzene rings is 1. The van der Waals surface area contributed by atoms with Crippen LogP contribution >= 0.6 is 0 Å². The zero-order valence-corrected chi connectivity index (χ0v) is 12.9. The third kappa shape index (κ3) is 3.80. The second-order valence-corrected chi connectivity index (χ2v) is 6.38. The minimum Gasteiger partial charge on any atom is -0.338 e. The standard InChI is InChI=1S/C16H26N2O/c1-11-7-9-13(10-8-11)12(2)18(6)15(19)14(17)16(3,4)5/h7-10,12,14H,17H2,1-6H3. The van der Waals surface area contributed by atoms with E-state index < -0.39 is 6.04 Å². The van der Waals surface area contributed by atoms with Crippen LogP contribution in [-0.4, -0.2) is 23.9 Å². The fourth-order valence-corrected chi connectivity index (χ4v) is 1.85. The fourth-order valence-electron chi connectivity index (χ4n) is 1.85. The van der Waals surface area contributed by atoms with Crippen LogP contribution < -0.4 is 5.73 Å². The lowest BCUT2D eigenvalue weighted by Gasteiger charge is -2.33. The van der Waals surface area contributed by atoms with Gasteiger partial charge in [0, 0.05) is 7.05 Å². The summed E-state index contributed by atoms with van der Waals surface area (Å²) in [5.74, 6) is -0.0134. The normalized spacial score (nSPS) is 14.9. The van der Waals surface area contributed by atoms with Crippen LogP contribution in [0.5, 0.6) is 0 Å². The Morgan fingerprint density at radius 3 is 2.11 bits per heavy atom. The Kier molecular flexibility index (Phi) is 4.75. The Morgan fingerprint density at radius 2 is 1.68 bits per heavy atom. The molecule has 0 aromatic heterocycles. The highest BCUT2D eigenvalue weighted by Crippen LogP contribution is 2.24. The molecule has 1 rings (SSSR count). The van der Waals surface area contributed by atoms with Crippen LogP contribution in [0.2, 0.25) is 0 Å². The van der Waals surface area contributed by atoms with Crippen molar-refractivity contribution in [3.05, 3.63) is 35.4 Å². The lowest BCUT2D eigenvalue weighted by Crippen LogP contribution is -2.49. The number of aryl methyl sites for hydroxylation is 1. The molecular formula is C16H26N2O. The smallest absolute Gasteiger partial charge is 0.240 e. The van der Waals surface area contributed by atoms with Gasteiger partial charge in [-0.1, -0.05) is 50.6 Å². The molecule has 2 N–H and O–H groups in total. The van der Waals surface area contributed by atoms with E-state index in [1.165, 1.54) is 5.56 Å². The van der Waals surface area contributed by atoms with E-state index in [1.807, 2.05) is 34.7 Å². The average molecular weight is 262 g/mol. The average Bonchev–Trinajstić information content (AvgIpc) is 2.35. The van der Waals surface area contributed by atoms with Gasteiger partial charge < -0.3 is 10.6 Å². The first-order chi connectivity index (χ1) is 8.64. The van der Waals surface area contributed by atoms with Crippen LogP contribution in [0.4, 0.5) is 0 Å². The summed E-state index contributed by atoms with van der Waals surface area (Å²) in [5.41, 5.74) is 8.17. The van der Waals surface area contributed by atoms with Crippen molar-refractivity contribution in [2.75, 3.05) is 7.05 Å². The molecule has 0 radical (unpaired) electrons.